The number of halogens is 1. The van der Waals surface area contributed by atoms with Gasteiger partial charge in [0.1, 0.15) is 11.6 Å². The molecule has 2 aromatic heterocycles. The number of unbranched alkanes of at least 4 members (excludes halogenated alkanes) is 1. The van der Waals surface area contributed by atoms with E-state index < -0.39 is 17.1 Å². The maximum atomic E-state index is 13.4. The molecular formula is C24H25FN4O4. The Morgan fingerprint density at radius 2 is 1.70 bits per heavy atom. The molecule has 0 bridgehead atoms. The van der Waals surface area contributed by atoms with Crippen molar-refractivity contribution in [1.82, 2.24) is 18.7 Å². The number of nitrogens with zero attached hydrogens (tertiary/aromatic N) is 4. The molecule has 0 atom stereocenters. The molecule has 2 heterocycles. The molecule has 0 spiro atoms. The fourth-order valence-electron chi connectivity index (χ4n) is 3.64. The zero-order valence-electron chi connectivity index (χ0n) is 18.5. The van der Waals surface area contributed by atoms with Crippen molar-refractivity contribution in [2.24, 2.45) is 7.05 Å². The summed E-state index contributed by atoms with van der Waals surface area (Å²) >= 11 is 0. The molecule has 8 nitrogen and oxygen atoms in total. The number of imidazole rings is 1. The molecule has 0 fully saturated rings. The lowest BCUT2D eigenvalue weighted by atomic mass is 10.1. The highest BCUT2D eigenvalue weighted by molar-refractivity contribution is 5.72. The van der Waals surface area contributed by atoms with Gasteiger partial charge in [-0.25, -0.2) is 9.18 Å². The lowest BCUT2D eigenvalue weighted by molar-refractivity contribution is 0.280. The van der Waals surface area contributed by atoms with Crippen LogP contribution in [0.3, 0.4) is 0 Å². The van der Waals surface area contributed by atoms with Crippen LogP contribution in [-0.2, 0) is 20.1 Å². The minimum Gasteiger partial charge on any atom is -0.425 e. The number of aliphatic hydroxyl groups is 1. The zero-order valence-corrected chi connectivity index (χ0v) is 18.5. The first-order valence-corrected chi connectivity index (χ1v) is 10.7. The fraction of sp³-hybridized carbons (Fsp3) is 0.292. The van der Waals surface area contributed by atoms with Gasteiger partial charge in [0.25, 0.3) is 5.56 Å². The first-order chi connectivity index (χ1) is 15.9. The highest BCUT2D eigenvalue weighted by Crippen LogP contribution is 2.25. The molecule has 9 heteroatoms. The second-order valence-electron chi connectivity index (χ2n) is 7.92. The molecule has 0 aliphatic carbocycles. The minimum atomic E-state index is -0.487. The average Bonchev–Trinajstić information content (AvgIpc) is 3.16. The first kappa shape index (κ1) is 22.5. The molecule has 0 saturated carbocycles. The van der Waals surface area contributed by atoms with Crippen LogP contribution in [0.15, 0.2) is 58.1 Å². The Kier molecular flexibility index (Phi) is 6.41. The van der Waals surface area contributed by atoms with E-state index in [-0.39, 0.29) is 36.9 Å². The van der Waals surface area contributed by atoms with Gasteiger partial charge in [0.2, 0.25) is 0 Å². The molecule has 0 unspecified atom stereocenters. The summed E-state index contributed by atoms with van der Waals surface area (Å²) in [7, 11) is 1.55. The van der Waals surface area contributed by atoms with Gasteiger partial charge in [0, 0.05) is 20.2 Å². The third kappa shape index (κ3) is 4.58. The maximum Gasteiger partial charge on any atom is 0.332 e. The first-order valence-electron chi connectivity index (χ1n) is 10.7. The number of hydrogen-bond acceptors (Lipinski definition) is 5. The molecule has 2 aromatic carbocycles. The summed E-state index contributed by atoms with van der Waals surface area (Å²) in [6.07, 6.45) is 0.970. The predicted octanol–water partition coefficient (Wildman–Crippen LogP) is 2.96. The van der Waals surface area contributed by atoms with Crippen molar-refractivity contribution in [2.45, 2.75) is 32.9 Å². The number of fused-ring (bicyclic) bond motifs is 1. The number of ether oxygens (including phenoxy) is 1. The van der Waals surface area contributed by atoms with E-state index in [1.165, 1.54) is 28.8 Å². The highest BCUT2D eigenvalue weighted by atomic mass is 19.1. The van der Waals surface area contributed by atoms with Gasteiger partial charge in [-0.3, -0.25) is 18.5 Å². The number of benzene rings is 2. The molecule has 1 N–H and O–H groups in total. The van der Waals surface area contributed by atoms with E-state index in [1.807, 2.05) is 31.2 Å². The Hall–Kier alpha value is -3.72. The molecule has 33 heavy (non-hydrogen) atoms. The van der Waals surface area contributed by atoms with Crippen molar-refractivity contribution in [3.63, 3.8) is 0 Å². The van der Waals surface area contributed by atoms with Crippen LogP contribution < -0.4 is 16.0 Å². The van der Waals surface area contributed by atoms with Crippen LogP contribution in [0.4, 0.5) is 4.39 Å². The van der Waals surface area contributed by atoms with E-state index >= 15 is 0 Å². The Morgan fingerprint density at radius 1 is 1.00 bits per heavy atom. The second kappa shape index (κ2) is 9.41. The third-order valence-electron chi connectivity index (χ3n) is 5.47. The Morgan fingerprint density at radius 3 is 2.36 bits per heavy atom. The highest BCUT2D eigenvalue weighted by Gasteiger charge is 2.22. The van der Waals surface area contributed by atoms with Crippen LogP contribution in [0.25, 0.3) is 11.2 Å². The third-order valence-corrected chi connectivity index (χ3v) is 5.47. The van der Waals surface area contributed by atoms with Crippen LogP contribution in [0.2, 0.25) is 0 Å². The molecule has 0 saturated heterocycles. The van der Waals surface area contributed by atoms with E-state index in [9.17, 15) is 14.0 Å². The van der Waals surface area contributed by atoms with Crippen molar-refractivity contribution in [3.05, 3.63) is 86.3 Å². The molecule has 0 aliphatic rings. The Balaban J connectivity index is 1.89. The maximum absolute atomic E-state index is 13.4. The summed E-state index contributed by atoms with van der Waals surface area (Å²) in [6, 6.07) is 13.4. The zero-order chi connectivity index (χ0) is 23.5. The number of hydrogen-bond donors (Lipinski definition) is 1. The lowest BCUT2D eigenvalue weighted by Crippen LogP contribution is -2.39. The van der Waals surface area contributed by atoms with Gasteiger partial charge in [-0.2, -0.15) is 4.98 Å². The van der Waals surface area contributed by atoms with Gasteiger partial charge in [-0.1, -0.05) is 29.8 Å². The van der Waals surface area contributed by atoms with Crippen molar-refractivity contribution >= 4 is 11.2 Å². The number of rotatable bonds is 8. The minimum absolute atomic E-state index is 0.0156. The van der Waals surface area contributed by atoms with E-state index in [2.05, 4.69) is 4.98 Å². The summed E-state index contributed by atoms with van der Waals surface area (Å²) in [5, 5.41) is 9.07. The molecule has 172 valence electrons. The van der Waals surface area contributed by atoms with Gasteiger partial charge in [0.05, 0.1) is 6.54 Å². The lowest BCUT2D eigenvalue weighted by Gasteiger charge is -2.11. The summed E-state index contributed by atoms with van der Waals surface area (Å²) in [6.45, 7) is 2.45. The SMILES string of the molecule is Cc1ccc(Cn2c(Oc3ccc(F)cc3)nc3c2c(=O)n(CCCCO)c(=O)n3C)cc1. The van der Waals surface area contributed by atoms with Gasteiger partial charge >= 0.3 is 11.7 Å². The van der Waals surface area contributed by atoms with Crippen LogP contribution in [0, 0.1) is 12.7 Å². The molecule has 0 amide bonds. The van der Waals surface area contributed by atoms with Crippen molar-refractivity contribution in [3.8, 4) is 11.8 Å². The van der Waals surface area contributed by atoms with E-state index in [1.54, 1.807) is 11.6 Å². The molecule has 0 aliphatic heterocycles. The second-order valence-corrected chi connectivity index (χ2v) is 7.92. The van der Waals surface area contributed by atoms with Gasteiger partial charge in [-0.05, 0) is 49.6 Å². The molecule has 0 radical (unpaired) electrons. The molecular weight excluding hydrogens is 427 g/mol. The van der Waals surface area contributed by atoms with Gasteiger partial charge in [0.15, 0.2) is 11.2 Å². The normalized spacial score (nSPS) is 11.3. The predicted molar refractivity (Wildman–Crippen MR) is 122 cm³/mol. The largest absolute Gasteiger partial charge is 0.425 e. The van der Waals surface area contributed by atoms with Gasteiger partial charge < -0.3 is 9.84 Å². The van der Waals surface area contributed by atoms with E-state index in [4.69, 9.17) is 9.84 Å². The molecule has 4 aromatic rings. The molecule has 4 rings (SSSR count). The summed E-state index contributed by atoms with van der Waals surface area (Å²) in [5.41, 5.74) is 1.50. The topological polar surface area (TPSA) is 91.3 Å². The van der Waals surface area contributed by atoms with Crippen molar-refractivity contribution in [1.29, 1.82) is 0 Å². The number of aryl methyl sites for hydroxylation is 2. The summed E-state index contributed by atoms with van der Waals surface area (Å²) < 4.78 is 23.4. The monoisotopic (exact) mass is 452 g/mol. The quantitative estimate of drug-likeness (QED) is 0.415. The fourth-order valence-corrected chi connectivity index (χ4v) is 3.64. The van der Waals surface area contributed by atoms with Crippen LogP contribution in [-0.4, -0.2) is 30.4 Å². The summed E-state index contributed by atoms with van der Waals surface area (Å²) in [5.74, 6) is -0.0474. The Labute approximate surface area is 189 Å². The number of aromatic nitrogens is 4. The number of aliphatic hydroxyl groups excluding tert-OH is 1. The van der Waals surface area contributed by atoms with E-state index in [0.29, 0.717) is 18.6 Å². The van der Waals surface area contributed by atoms with Crippen LogP contribution in [0.1, 0.15) is 24.0 Å². The summed E-state index contributed by atoms with van der Waals surface area (Å²) in [4.78, 5) is 30.7. The van der Waals surface area contributed by atoms with Crippen molar-refractivity contribution < 1.29 is 14.2 Å². The van der Waals surface area contributed by atoms with Crippen LogP contribution in [0.5, 0.6) is 11.8 Å². The van der Waals surface area contributed by atoms with Crippen molar-refractivity contribution in [2.75, 3.05) is 6.61 Å². The Bertz CT molecular complexity index is 1390. The van der Waals surface area contributed by atoms with Gasteiger partial charge in [-0.15, -0.1) is 0 Å². The smallest absolute Gasteiger partial charge is 0.332 e. The average molecular weight is 452 g/mol. The standard InChI is InChI=1S/C24H25FN4O4/c1-16-5-7-17(8-6-16)15-29-20-21(26-23(29)33-19-11-9-18(25)10-12-19)27(2)24(32)28(22(20)31)13-3-4-14-30/h5-12,30H,3-4,13-15H2,1-2H3. The van der Waals surface area contributed by atoms with E-state index in [0.717, 1.165) is 15.7 Å². The van der Waals surface area contributed by atoms with Crippen LogP contribution >= 0.6 is 0 Å².